The monoisotopic (exact) mass is 331 g/mol. The summed E-state index contributed by atoms with van der Waals surface area (Å²) in [6.45, 7) is 7.54. The maximum absolute atomic E-state index is 12.1. The number of ether oxygens (including phenoxy) is 1. The maximum Gasteiger partial charge on any atom is 0.326 e. The molecule has 0 bridgehead atoms. The van der Waals surface area contributed by atoms with Gasteiger partial charge in [0.15, 0.2) is 0 Å². The Hall–Kier alpha value is -2.37. The zero-order chi connectivity index (χ0) is 17.7. The normalized spacial score (nSPS) is 12.4. The highest BCUT2D eigenvalue weighted by Gasteiger charge is 2.20. The van der Waals surface area contributed by atoms with Gasteiger partial charge in [-0.25, -0.2) is 4.98 Å². The fraction of sp³-hybridized carbons (Fsp3) is 0.500. The fourth-order valence-corrected chi connectivity index (χ4v) is 2.63. The van der Waals surface area contributed by atoms with Crippen LogP contribution in [0.4, 0.5) is 0 Å². The van der Waals surface area contributed by atoms with Crippen molar-refractivity contribution < 1.29 is 14.3 Å². The lowest BCUT2D eigenvalue weighted by Crippen LogP contribution is -2.29. The molecule has 1 aromatic carbocycles. The minimum atomic E-state index is -0.318. The smallest absolute Gasteiger partial charge is 0.326 e. The van der Waals surface area contributed by atoms with Crippen LogP contribution in [-0.4, -0.2) is 27.5 Å². The van der Waals surface area contributed by atoms with Gasteiger partial charge in [0.05, 0.1) is 23.2 Å². The van der Waals surface area contributed by atoms with E-state index in [1.807, 2.05) is 56.5 Å². The first kappa shape index (κ1) is 18.0. The van der Waals surface area contributed by atoms with E-state index in [4.69, 9.17) is 4.74 Å². The van der Waals surface area contributed by atoms with Crippen LogP contribution in [0.2, 0.25) is 0 Å². The molecule has 1 aromatic heterocycles. The number of amides is 1. The molecular weight excluding hydrogens is 306 g/mol. The molecule has 2 aromatic rings. The van der Waals surface area contributed by atoms with E-state index >= 15 is 0 Å². The second-order valence-corrected chi connectivity index (χ2v) is 6.12. The molecule has 2 rings (SSSR count). The Bertz CT molecular complexity index is 721. The molecule has 1 atom stereocenters. The molecular formula is C18H25N3O3. The lowest BCUT2D eigenvalue weighted by Gasteiger charge is -2.16. The first-order valence-corrected chi connectivity index (χ1v) is 8.36. The van der Waals surface area contributed by atoms with Gasteiger partial charge in [0.2, 0.25) is 5.91 Å². The number of benzene rings is 1. The molecule has 6 nitrogen and oxygen atoms in total. The standard InChI is InChI=1S/C18H25N3O3/c1-5-8-16(22)19-13(4)18-20-14-9-6-7-10-15(14)21(18)11-17(23)24-12(2)3/h6-7,9-10,12-13H,5,8,11H2,1-4H3,(H,19,22). The minimum absolute atomic E-state index is 0.0200. The van der Waals surface area contributed by atoms with Crippen LogP contribution in [-0.2, 0) is 20.9 Å². The molecule has 1 amide bonds. The summed E-state index contributed by atoms with van der Waals surface area (Å²) in [6.07, 6.45) is 1.09. The van der Waals surface area contributed by atoms with E-state index in [0.29, 0.717) is 12.2 Å². The summed E-state index contributed by atoms with van der Waals surface area (Å²) >= 11 is 0. The number of carbonyl (C=O) groups is 2. The highest BCUT2D eigenvalue weighted by atomic mass is 16.5. The van der Waals surface area contributed by atoms with E-state index in [1.165, 1.54) is 0 Å². The molecule has 24 heavy (non-hydrogen) atoms. The quantitative estimate of drug-likeness (QED) is 0.792. The number of aromatic nitrogens is 2. The van der Waals surface area contributed by atoms with Gasteiger partial charge < -0.3 is 14.6 Å². The first-order valence-electron chi connectivity index (χ1n) is 8.36. The number of esters is 1. The van der Waals surface area contributed by atoms with Gasteiger partial charge in [-0.2, -0.15) is 0 Å². The fourth-order valence-electron chi connectivity index (χ4n) is 2.63. The van der Waals surface area contributed by atoms with E-state index in [2.05, 4.69) is 10.3 Å². The molecule has 1 unspecified atom stereocenters. The van der Waals surface area contributed by atoms with Crippen molar-refractivity contribution in [1.82, 2.24) is 14.9 Å². The molecule has 0 radical (unpaired) electrons. The molecule has 0 saturated carbocycles. The van der Waals surface area contributed by atoms with Crippen molar-refractivity contribution in [2.24, 2.45) is 0 Å². The van der Waals surface area contributed by atoms with Crippen molar-refractivity contribution in [2.45, 2.75) is 59.2 Å². The molecule has 1 heterocycles. The Balaban J connectivity index is 2.32. The number of imidazole rings is 1. The summed E-state index contributed by atoms with van der Waals surface area (Å²) in [6, 6.07) is 7.32. The van der Waals surface area contributed by atoms with Crippen LogP contribution >= 0.6 is 0 Å². The molecule has 0 saturated heterocycles. The van der Waals surface area contributed by atoms with Crippen molar-refractivity contribution in [1.29, 1.82) is 0 Å². The zero-order valence-corrected chi connectivity index (χ0v) is 14.7. The van der Waals surface area contributed by atoms with Gasteiger partial charge in [0.25, 0.3) is 0 Å². The lowest BCUT2D eigenvalue weighted by molar-refractivity contribution is -0.148. The van der Waals surface area contributed by atoms with E-state index < -0.39 is 0 Å². The number of rotatable bonds is 7. The van der Waals surface area contributed by atoms with Gasteiger partial charge in [-0.05, 0) is 39.3 Å². The summed E-state index contributed by atoms with van der Waals surface area (Å²) in [7, 11) is 0. The third-order valence-corrected chi connectivity index (χ3v) is 3.58. The van der Waals surface area contributed by atoms with Crippen molar-refractivity contribution in [2.75, 3.05) is 0 Å². The zero-order valence-electron chi connectivity index (χ0n) is 14.7. The largest absolute Gasteiger partial charge is 0.462 e. The Morgan fingerprint density at radius 2 is 1.96 bits per heavy atom. The highest BCUT2D eigenvalue weighted by molar-refractivity contribution is 5.80. The van der Waals surface area contributed by atoms with Crippen molar-refractivity contribution in [3.05, 3.63) is 30.1 Å². The van der Waals surface area contributed by atoms with Gasteiger partial charge in [-0.15, -0.1) is 0 Å². The lowest BCUT2D eigenvalue weighted by atomic mass is 10.2. The Morgan fingerprint density at radius 1 is 1.25 bits per heavy atom. The number of nitrogens with zero attached hydrogens (tertiary/aromatic N) is 2. The number of fused-ring (bicyclic) bond motifs is 1. The molecule has 0 fully saturated rings. The van der Waals surface area contributed by atoms with Gasteiger partial charge in [0, 0.05) is 6.42 Å². The average molecular weight is 331 g/mol. The van der Waals surface area contributed by atoms with E-state index in [9.17, 15) is 9.59 Å². The van der Waals surface area contributed by atoms with E-state index in [1.54, 1.807) is 0 Å². The average Bonchev–Trinajstić information content (AvgIpc) is 2.85. The summed E-state index contributed by atoms with van der Waals surface area (Å²) in [5.41, 5.74) is 1.64. The molecule has 0 aliphatic heterocycles. The second kappa shape index (κ2) is 7.95. The van der Waals surface area contributed by atoms with Gasteiger partial charge in [-0.3, -0.25) is 9.59 Å². The van der Waals surface area contributed by atoms with Crippen molar-refractivity contribution in [3.63, 3.8) is 0 Å². The third-order valence-electron chi connectivity index (χ3n) is 3.58. The molecule has 6 heteroatoms. The number of hydrogen-bond donors (Lipinski definition) is 1. The molecule has 1 N–H and O–H groups in total. The van der Waals surface area contributed by atoms with Gasteiger partial charge in [0.1, 0.15) is 12.4 Å². The summed E-state index contributed by atoms with van der Waals surface area (Å²) in [5.74, 6) is 0.316. The van der Waals surface area contributed by atoms with Crippen molar-refractivity contribution in [3.8, 4) is 0 Å². The SMILES string of the molecule is CCCC(=O)NC(C)c1nc2ccccc2n1CC(=O)OC(C)C. The number of para-hydroxylation sites is 2. The predicted molar refractivity (Wildman–Crippen MR) is 92.4 cm³/mol. The van der Waals surface area contributed by atoms with Crippen LogP contribution in [0, 0.1) is 0 Å². The third kappa shape index (κ3) is 4.34. The molecule has 0 aliphatic rings. The summed E-state index contributed by atoms with van der Waals surface area (Å²) < 4.78 is 7.07. The van der Waals surface area contributed by atoms with Crippen molar-refractivity contribution >= 4 is 22.9 Å². The first-order chi connectivity index (χ1) is 11.4. The van der Waals surface area contributed by atoms with Crippen LogP contribution in [0.25, 0.3) is 11.0 Å². The van der Waals surface area contributed by atoms with E-state index in [0.717, 1.165) is 17.5 Å². The van der Waals surface area contributed by atoms with E-state index in [-0.39, 0.29) is 30.6 Å². The number of nitrogens with one attached hydrogen (secondary N) is 1. The maximum atomic E-state index is 12.1. The number of carbonyl (C=O) groups excluding carboxylic acids is 2. The summed E-state index contributed by atoms with van der Waals surface area (Å²) in [4.78, 5) is 28.6. The molecule has 130 valence electrons. The Morgan fingerprint density at radius 3 is 2.62 bits per heavy atom. The Labute approximate surface area is 142 Å². The second-order valence-electron chi connectivity index (χ2n) is 6.12. The van der Waals surface area contributed by atoms with Crippen LogP contribution in [0.15, 0.2) is 24.3 Å². The molecule has 0 spiro atoms. The summed E-state index contributed by atoms with van der Waals surface area (Å²) in [5, 5.41) is 2.94. The minimum Gasteiger partial charge on any atom is -0.462 e. The van der Waals surface area contributed by atoms with Gasteiger partial charge >= 0.3 is 5.97 Å². The van der Waals surface area contributed by atoms with Gasteiger partial charge in [-0.1, -0.05) is 19.1 Å². The van der Waals surface area contributed by atoms with Crippen LogP contribution < -0.4 is 5.32 Å². The predicted octanol–water partition coefficient (Wildman–Crippen LogP) is 2.97. The topological polar surface area (TPSA) is 73.2 Å². The number of hydrogen-bond acceptors (Lipinski definition) is 4. The van der Waals surface area contributed by atoms with Crippen LogP contribution in [0.1, 0.15) is 52.4 Å². The highest BCUT2D eigenvalue weighted by Crippen LogP contribution is 2.21. The van der Waals surface area contributed by atoms with Crippen LogP contribution in [0.5, 0.6) is 0 Å². The van der Waals surface area contributed by atoms with Crippen LogP contribution in [0.3, 0.4) is 0 Å². The molecule has 0 aliphatic carbocycles. The Kier molecular flexibility index (Phi) is 5.95.